The van der Waals surface area contributed by atoms with E-state index in [1.54, 1.807) is 18.3 Å². The van der Waals surface area contributed by atoms with Gasteiger partial charge in [-0.1, -0.05) is 35.3 Å². The molecule has 1 fully saturated rings. The molecule has 1 saturated carbocycles. The van der Waals surface area contributed by atoms with Crippen LogP contribution in [0.4, 0.5) is 16.2 Å². The van der Waals surface area contributed by atoms with Gasteiger partial charge in [0.1, 0.15) is 0 Å². The summed E-state index contributed by atoms with van der Waals surface area (Å²) >= 11 is 12.2. The molecule has 150 valence electrons. The summed E-state index contributed by atoms with van der Waals surface area (Å²) in [7, 11) is 0. The molecule has 0 atom stereocenters. The van der Waals surface area contributed by atoms with Crippen molar-refractivity contribution in [1.82, 2.24) is 10.3 Å². The number of amides is 2. The lowest BCUT2D eigenvalue weighted by Crippen LogP contribution is -2.42. The van der Waals surface area contributed by atoms with E-state index >= 15 is 0 Å². The van der Waals surface area contributed by atoms with E-state index in [2.05, 4.69) is 20.9 Å². The number of nitrogens with zero attached hydrogens (tertiary/aromatic N) is 1. The van der Waals surface area contributed by atoms with Gasteiger partial charge < -0.3 is 16.0 Å². The van der Waals surface area contributed by atoms with Gasteiger partial charge in [-0.25, -0.2) is 4.79 Å². The molecule has 3 N–H and O–H groups in total. The maximum Gasteiger partial charge on any atom is 0.319 e. The van der Waals surface area contributed by atoms with Crippen LogP contribution >= 0.6 is 23.2 Å². The molecule has 2 amide bonds. The normalized spacial score (nSPS) is 19.0. The number of rotatable bonds is 4. The number of urea groups is 1. The predicted molar refractivity (Wildman–Crippen MR) is 120 cm³/mol. The highest BCUT2D eigenvalue weighted by molar-refractivity contribution is 6.33. The molecule has 5 nitrogen and oxygen atoms in total. The minimum atomic E-state index is -0.216. The maximum absolute atomic E-state index is 12.3. The fourth-order valence-electron chi connectivity index (χ4n) is 3.76. The van der Waals surface area contributed by atoms with Crippen molar-refractivity contribution in [1.29, 1.82) is 0 Å². The molecular weight excluding hydrogens is 407 g/mol. The molecule has 0 radical (unpaired) electrons. The van der Waals surface area contributed by atoms with E-state index in [-0.39, 0.29) is 12.1 Å². The summed E-state index contributed by atoms with van der Waals surface area (Å²) in [5.41, 5.74) is 2.57. The van der Waals surface area contributed by atoms with Crippen molar-refractivity contribution in [3.8, 4) is 0 Å². The fourth-order valence-corrected chi connectivity index (χ4v) is 4.10. The highest BCUT2D eigenvalue weighted by atomic mass is 35.5. The third-order valence-corrected chi connectivity index (χ3v) is 5.81. The van der Waals surface area contributed by atoms with Gasteiger partial charge in [-0.3, -0.25) is 4.98 Å². The average molecular weight is 429 g/mol. The Morgan fingerprint density at radius 2 is 1.69 bits per heavy atom. The lowest BCUT2D eigenvalue weighted by atomic mass is 9.91. The Morgan fingerprint density at radius 3 is 2.48 bits per heavy atom. The zero-order valence-electron chi connectivity index (χ0n) is 15.8. The van der Waals surface area contributed by atoms with Crippen LogP contribution < -0.4 is 16.0 Å². The van der Waals surface area contributed by atoms with Gasteiger partial charge in [0.15, 0.2) is 0 Å². The molecular formula is C22H22Cl2N4O. The van der Waals surface area contributed by atoms with E-state index < -0.39 is 0 Å². The molecule has 29 heavy (non-hydrogen) atoms. The molecule has 0 unspecified atom stereocenters. The molecule has 1 aromatic heterocycles. The molecule has 7 heteroatoms. The van der Waals surface area contributed by atoms with Crippen LogP contribution in [-0.4, -0.2) is 23.1 Å². The van der Waals surface area contributed by atoms with Crippen molar-refractivity contribution in [2.75, 3.05) is 10.6 Å². The van der Waals surface area contributed by atoms with Gasteiger partial charge in [0.05, 0.1) is 16.2 Å². The van der Waals surface area contributed by atoms with Crippen molar-refractivity contribution >= 4 is 51.5 Å². The molecule has 1 aliphatic carbocycles. The molecule has 0 bridgehead atoms. The number of nitrogens with one attached hydrogen (secondary N) is 3. The molecule has 0 spiro atoms. The quantitative estimate of drug-likeness (QED) is 0.471. The van der Waals surface area contributed by atoms with Crippen molar-refractivity contribution in [3.63, 3.8) is 0 Å². The number of hydrogen-bond donors (Lipinski definition) is 3. The van der Waals surface area contributed by atoms with Crippen molar-refractivity contribution < 1.29 is 4.79 Å². The molecule has 1 aliphatic rings. The minimum absolute atomic E-state index is 0.156. The van der Waals surface area contributed by atoms with E-state index in [0.717, 1.165) is 42.3 Å². The molecule has 0 saturated heterocycles. The molecule has 0 aliphatic heterocycles. The number of hydrogen-bond acceptors (Lipinski definition) is 3. The standard InChI is InChI=1S/C22H22Cl2N4O/c23-14-5-10-17-19(11-12-25-21(17)13-14)26-15-6-8-16(9-7-15)27-22(29)28-20-4-2-1-3-18(20)24/h1-5,10-13,15-16H,6-9H2,(H,25,26)(H2,27,28,29)/t15-,16+. The largest absolute Gasteiger partial charge is 0.382 e. The second-order valence-corrected chi connectivity index (χ2v) is 8.13. The summed E-state index contributed by atoms with van der Waals surface area (Å²) in [6, 6.07) is 15.3. The average Bonchev–Trinajstić information content (AvgIpc) is 2.71. The fraction of sp³-hybridized carbons (Fsp3) is 0.273. The third-order valence-electron chi connectivity index (χ3n) is 5.25. The minimum Gasteiger partial charge on any atom is -0.382 e. The second-order valence-electron chi connectivity index (χ2n) is 7.29. The van der Waals surface area contributed by atoms with Crippen LogP contribution in [0.3, 0.4) is 0 Å². The first kappa shape index (κ1) is 19.8. The summed E-state index contributed by atoms with van der Waals surface area (Å²) in [5, 5.41) is 11.8. The summed E-state index contributed by atoms with van der Waals surface area (Å²) in [5.74, 6) is 0. The smallest absolute Gasteiger partial charge is 0.319 e. The number of carbonyl (C=O) groups is 1. The predicted octanol–water partition coefficient (Wildman–Crippen LogP) is 6.09. The first-order chi connectivity index (χ1) is 14.1. The number of pyridine rings is 1. The Hall–Kier alpha value is -2.50. The van der Waals surface area contributed by atoms with E-state index in [0.29, 0.717) is 21.8 Å². The number of halogens is 2. The van der Waals surface area contributed by atoms with Gasteiger partial charge >= 0.3 is 6.03 Å². The lowest BCUT2D eigenvalue weighted by molar-refractivity contribution is 0.243. The first-order valence-electron chi connectivity index (χ1n) is 9.71. The van der Waals surface area contributed by atoms with E-state index in [1.807, 2.05) is 36.4 Å². The van der Waals surface area contributed by atoms with Crippen LogP contribution in [0, 0.1) is 0 Å². The summed E-state index contributed by atoms with van der Waals surface area (Å²) in [6.07, 6.45) is 5.60. The van der Waals surface area contributed by atoms with Crippen LogP contribution in [0.25, 0.3) is 10.9 Å². The van der Waals surface area contributed by atoms with Crippen molar-refractivity contribution in [2.24, 2.45) is 0 Å². The molecule has 3 aromatic rings. The number of para-hydroxylation sites is 1. The Labute approximate surface area is 179 Å². The van der Waals surface area contributed by atoms with E-state index in [1.165, 1.54) is 0 Å². The molecule has 4 rings (SSSR count). The van der Waals surface area contributed by atoms with Gasteiger partial charge in [0.25, 0.3) is 0 Å². The van der Waals surface area contributed by atoms with Crippen molar-refractivity contribution in [3.05, 3.63) is 64.8 Å². The number of aromatic nitrogens is 1. The lowest BCUT2D eigenvalue weighted by Gasteiger charge is -2.30. The number of anilines is 2. The van der Waals surface area contributed by atoms with Crippen LogP contribution in [0.5, 0.6) is 0 Å². The van der Waals surface area contributed by atoms with E-state index in [9.17, 15) is 4.79 Å². The van der Waals surface area contributed by atoms with Crippen LogP contribution in [-0.2, 0) is 0 Å². The zero-order valence-corrected chi connectivity index (χ0v) is 17.3. The highest BCUT2D eigenvalue weighted by Gasteiger charge is 2.23. The first-order valence-corrected chi connectivity index (χ1v) is 10.5. The van der Waals surface area contributed by atoms with Gasteiger partial charge in [0.2, 0.25) is 0 Å². The van der Waals surface area contributed by atoms with Crippen LogP contribution in [0.2, 0.25) is 10.0 Å². The van der Waals surface area contributed by atoms with Gasteiger partial charge in [0, 0.05) is 34.4 Å². The molecule has 2 aromatic carbocycles. The van der Waals surface area contributed by atoms with Crippen molar-refractivity contribution in [2.45, 2.75) is 37.8 Å². The third kappa shape index (κ3) is 4.92. The monoisotopic (exact) mass is 428 g/mol. The Bertz CT molecular complexity index is 1020. The summed E-state index contributed by atoms with van der Waals surface area (Å²) in [4.78, 5) is 16.7. The zero-order chi connectivity index (χ0) is 20.2. The maximum atomic E-state index is 12.3. The number of carbonyl (C=O) groups excluding carboxylic acids is 1. The second kappa shape index (κ2) is 8.89. The molecule has 1 heterocycles. The topological polar surface area (TPSA) is 66.1 Å². The van der Waals surface area contributed by atoms with Gasteiger partial charge in [-0.05, 0) is 62.1 Å². The Kier molecular flexibility index (Phi) is 6.07. The highest BCUT2D eigenvalue weighted by Crippen LogP contribution is 2.28. The van der Waals surface area contributed by atoms with Crippen LogP contribution in [0.15, 0.2) is 54.7 Å². The summed E-state index contributed by atoms with van der Waals surface area (Å²) in [6.45, 7) is 0. The number of benzene rings is 2. The Morgan fingerprint density at radius 1 is 0.931 bits per heavy atom. The van der Waals surface area contributed by atoms with Gasteiger partial charge in [-0.2, -0.15) is 0 Å². The Balaban J connectivity index is 1.31. The van der Waals surface area contributed by atoms with Crippen LogP contribution in [0.1, 0.15) is 25.7 Å². The summed E-state index contributed by atoms with van der Waals surface area (Å²) < 4.78 is 0. The van der Waals surface area contributed by atoms with Gasteiger partial charge in [-0.15, -0.1) is 0 Å². The van der Waals surface area contributed by atoms with E-state index in [4.69, 9.17) is 23.2 Å². The SMILES string of the molecule is O=C(Nc1ccccc1Cl)N[C@H]1CC[C@@H](Nc2ccnc3cc(Cl)ccc23)CC1. The number of fused-ring (bicyclic) bond motifs is 1.